The van der Waals surface area contributed by atoms with E-state index >= 15 is 0 Å². The summed E-state index contributed by atoms with van der Waals surface area (Å²) in [5.41, 5.74) is 2.87. The van der Waals surface area contributed by atoms with Crippen LogP contribution in [0, 0.1) is 0 Å². The lowest BCUT2D eigenvalue weighted by atomic mass is 10.7. The Morgan fingerprint density at radius 3 is 2.62 bits per heavy atom. The molecule has 13 heavy (non-hydrogen) atoms. The molecule has 0 aromatic rings. The van der Waals surface area contributed by atoms with Crippen LogP contribution < -0.4 is 5.43 Å². The number of rotatable bonds is 1. The molecule has 4 heteroatoms. The Hall–Kier alpha value is -1.58. The lowest BCUT2D eigenvalue weighted by Gasteiger charge is -2.10. The van der Waals surface area contributed by atoms with E-state index in [2.05, 4.69) is 28.7 Å². The van der Waals surface area contributed by atoms with Gasteiger partial charge in [0.15, 0.2) is 0 Å². The standard InChI is InChI=1S/C7H10N4.C2H6/c1-4-5-11-7(8-3)9-6(2)10-11;1-2/h4-5,10H,2-3H2,1H3;1-2H3/b5-4-;. The number of hydrogen-bond donors (Lipinski definition) is 1. The van der Waals surface area contributed by atoms with Crippen molar-refractivity contribution in [3.63, 3.8) is 0 Å². The lowest BCUT2D eigenvalue weighted by Crippen LogP contribution is -2.29. The number of hydrogen-bond acceptors (Lipinski definition) is 4. The Balaban J connectivity index is 0.000000671. The Morgan fingerprint density at radius 1 is 1.54 bits per heavy atom. The fourth-order valence-corrected chi connectivity index (χ4v) is 0.753. The Labute approximate surface area is 79.4 Å². The van der Waals surface area contributed by atoms with Gasteiger partial charge in [0.25, 0.3) is 0 Å². The normalized spacial score (nSPS) is 14.8. The van der Waals surface area contributed by atoms with E-state index < -0.39 is 0 Å². The molecule has 0 radical (unpaired) electrons. The van der Waals surface area contributed by atoms with Gasteiger partial charge in [-0.3, -0.25) is 5.43 Å². The molecule has 0 atom stereocenters. The summed E-state index contributed by atoms with van der Waals surface area (Å²) in [6, 6.07) is 0. The van der Waals surface area contributed by atoms with Gasteiger partial charge in [-0.2, -0.15) is 4.99 Å². The van der Waals surface area contributed by atoms with Crippen LogP contribution in [0.15, 0.2) is 34.7 Å². The molecule has 1 aliphatic heterocycles. The third-order valence-corrected chi connectivity index (χ3v) is 1.14. The first kappa shape index (κ1) is 11.4. The van der Waals surface area contributed by atoms with Crippen LogP contribution in [-0.2, 0) is 0 Å². The molecule has 1 N–H and O–H groups in total. The summed E-state index contributed by atoms with van der Waals surface area (Å²) in [4.78, 5) is 7.65. The number of hydrazine groups is 1. The molecular weight excluding hydrogens is 164 g/mol. The number of guanidine groups is 1. The van der Waals surface area contributed by atoms with Crippen LogP contribution in [0.25, 0.3) is 0 Å². The molecule has 1 heterocycles. The maximum absolute atomic E-state index is 3.96. The van der Waals surface area contributed by atoms with Crippen molar-refractivity contribution < 1.29 is 0 Å². The van der Waals surface area contributed by atoms with E-state index in [-0.39, 0.29) is 0 Å². The maximum Gasteiger partial charge on any atom is 0.250 e. The van der Waals surface area contributed by atoms with Crippen LogP contribution in [0.1, 0.15) is 20.8 Å². The van der Waals surface area contributed by atoms with Crippen LogP contribution in [-0.4, -0.2) is 17.7 Å². The first-order valence-electron chi connectivity index (χ1n) is 4.21. The van der Waals surface area contributed by atoms with Gasteiger partial charge in [-0.25, -0.2) is 10.0 Å². The van der Waals surface area contributed by atoms with E-state index in [1.807, 2.05) is 26.8 Å². The lowest BCUT2D eigenvalue weighted by molar-refractivity contribution is 0.484. The second-order valence-electron chi connectivity index (χ2n) is 1.98. The minimum atomic E-state index is 0.521. The zero-order valence-electron chi connectivity index (χ0n) is 8.41. The molecule has 0 aliphatic carbocycles. The quantitative estimate of drug-likeness (QED) is 0.626. The summed E-state index contributed by atoms with van der Waals surface area (Å²) in [6.07, 6.45) is 3.66. The predicted octanol–water partition coefficient (Wildman–Crippen LogP) is 1.89. The highest BCUT2D eigenvalue weighted by Crippen LogP contribution is 2.05. The maximum atomic E-state index is 3.96. The Bertz CT molecular complexity index is 240. The molecule has 4 nitrogen and oxygen atoms in total. The molecule has 0 bridgehead atoms. The van der Waals surface area contributed by atoms with E-state index in [1.165, 1.54) is 0 Å². The average molecular weight is 180 g/mol. The minimum absolute atomic E-state index is 0.521. The van der Waals surface area contributed by atoms with E-state index in [1.54, 1.807) is 11.2 Å². The highest BCUT2D eigenvalue weighted by atomic mass is 15.6. The van der Waals surface area contributed by atoms with Gasteiger partial charge in [-0.1, -0.05) is 26.5 Å². The van der Waals surface area contributed by atoms with Crippen molar-refractivity contribution >= 4 is 12.7 Å². The van der Waals surface area contributed by atoms with E-state index in [9.17, 15) is 0 Å². The molecule has 72 valence electrons. The Morgan fingerprint density at radius 2 is 2.15 bits per heavy atom. The van der Waals surface area contributed by atoms with Crippen molar-refractivity contribution in [1.29, 1.82) is 0 Å². The van der Waals surface area contributed by atoms with Crippen LogP contribution in [0.4, 0.5) is 0 Å². The fourth-order valence-electron chi connectivity index (χ4n) is 0.753. The van der Waals surface area contributed by atoms with E-state index in [0.29, 0.717) is 11.8 Å². The van der Waals surface area contributed by atoms with Gasteiger partial charge in [0.2, 0.25) is 5.96 Å². The smallest absolute Gasteiger partial charge is 0.250 e. The zero-order valence-corrected chi connectivity index (χ0v) is 8.41. The van der Waals surface area contributed by atoms with E-state index in [0.717, 1.165) is 0 Å². The molecule has 0 amide bonds. The molecule has 0 aromatic heterocycles. The minimum Gasteiger partial charge on any atom is -0.275 e. The third kappa shape index (κ3) is 3.11. The second-order valence-corrected chi connectivity index (χ2v) is 1.98. The number of allylic oxidation sites excluding steroid dienone is 1. The molecular formula is C9H16N4. The molecule has 1 rings (SSSR count). The molecule has 0 fully saturated rings. The largest absolute Gasteiger partial charge is 0.275 e. The summed E-state index contributed by atoms with van der Waals surface area (Å²) in [7, 11) is 0. The summed E-state index contributed by atoms with van der Waals surface area (Å²) >= 11 is 0. The highest BCUT2D eigenvalue weighted by Gasteiger charge is 2.13. The van der Waals surface area contributed by atoms with Gasteiger partial charge in [-0.05, 0) is 13.6 Å². The molecule has 0 saturated carbocycles. The summed E-state index contributed by atoms with van der Waals surface area (Å²) in [5.74, 6) is 1.10. The number of nitrogens with zero attached hydrogens (tertiary/aromatic N) is 3. The summed E-state index contributed by atoms with van der Waals surface area (Å²) < 4.78 is 0. The SMILES string of the molecule is C=NC1=NC(=C)NN1/C=C\C.CC. The summed E-state index contributed by atoms with van der Waals surface area (Å²) in [6.45, 7) is 12.9. The molecule has 0 aromatic carbocycles. The highest BCUT2D eigenvalue weighted by molar-refractivity contribution is 5.87. The molecule has 0 unspecified atom stereocenters. The predicted molar refractivity (Wildman–Crippen MR) is 57.3 cm³/mol. The van der Waals surface area contributed by atoms with Crippen LogP contribution in [0.3, 0.4) is 0 Å². The van der Waals surface area contributed by atoms with Gasteiger partial charge in [0, 0.05) is 6.20 Å². The van der Waals surface area contributed by atoms with Crippen molar-refractivity contribution in [3.8, 4) is 0 Å². The first-order valence-corrected chi connectivity index (χ1v) is 4.21. The fraction of sp³-hybridized carbons (Fsp3) is 0.333. The van der Waals surface area contributed by atoms with Crippen molar-refractivity contribution in [2.24, 2.45) is 9.98 Å². The van der Waals surface area contributed by atoms with Gasteiger partial charge >= 0.3 is 0 Å². The van der Waals surface area contributed by atoms with Crippen LogP contribution in [0.2, 0.25) is 0 Å². The number of aliphatic imine (C=N–C) groups is 2. The van der Waals surface area contributed by atoms with Crippen LogP contribution in [0.5, 0.6) is 0 Å². The van der Waals surface area contributed by atoms with Gasteiger partial charge in [0.05, 0.1) is 0 Å². The number of nitrogens with one attached hydrogen (secondary N) is 1. The molecule has 0 saturated heterocycles. The monoisotopic (exact) mass is 180 g/mol. The van der Waals surface area contributed by atoms with E-state index in [4.69, 9.17) is 0 Å². The Kier molecular flexibility index (Phi) is 5.27. The van der Waals surface area contributed by atoms with Gasteiger partial charge in [-0.15, -0.1) is 0 Å². The summed E-state index contributed by atoms with van der Waals surface area (Å²) in [5, 5.41) is 1.65. The first-order chi connectivity index (χ1) is 6.27. The van der Waals surface area contributed by atoms with Crippen LogP contribution >= 0.6 is 0 Å². The second kappa shape index (κ2) is 5.99. The van der Waals surface area contributed by atoms with Gasteiger partial charge < -0.3 is 0 Å². The van der Waals surface area contributed by atoms with Crippen molar-refractivity contribution in [3.05, 3.63) is 24.7 Å². The van der Waals surface area contributed by atoms with Crippen molar-refractivity contribution in [2.45, 2.75) is 20.8 Å². The van der Waals surface area contributed by atoms with Crippen molar-refractivity contribution in [2.75, 3.05) is 0 Å². The van der Waals surface area contributed by atoms with Gasteiger partial charge in [0.1, 0.15) is 5.82 Å². The molecule has 1 aliphatic rings. The zero-order chi connectivity index (χ0) is 10.3. The molecule has 0 spiro atoms. The third-order valence-electron chi connectivity index (χ3n) is 1.14. The topological polar surface area (TPSA) is 40.0 Å². The van der Waals surface area contributed by atoms with Crippen molar-refractivity contribution in [1.82, 2.24) is 10.4 Å². The average Bonchev–Trinajstić information content (AvgIpc) is 2.50.